The summed E-state index contributed by atoms with van der Waals surface area (Å²) in [6, 6.07) is 23.3. The van der Waals surface area contributed by atoms with E-state index in [1.807, 2.05) is 49.3 Å². The van der Waals surface area contributed by atoms with Crippen LogP contribution in [0.2, 0.25) is 0 Å². The van der Waals surface area contributed by atoms with Gasteiger partial charge in [-0.1, -0.05) is 42.5 Å². The second-order valence-electron chi connectivity index (χ2n) is 8.30. The average Bonchev–Trinajstić information content (AvgIpc) is 3.28. The Labute approximate surface area is 197 Å². The van der Waals surface area contributed by atoms with E-state index >= 15 is 0 Å². The molecule has 0 aliphatic heterocycles. The summed E-state index contributed by atoms with van der Waals surface area (Å²) < 4.78 is 29.6. The molecule has 7 heteroatoms. The van der Waals surface area contributed by atoms with Crippen LogP contribution in [0.25, 0.3) is 16.9 Å². The smallest absolute Gasteiger partial charge is 0.272 e. The van der Waals surface area contributed by atoms with Crippen LogP contribution in [0.1, 0.15) is 16.1 Å². The van der Waals surface area contributed by atoms with Crippen molar-refractivity contribution in [2.45, 2.75) is 6.54 Å². The van der Waals surface area contributed by atoms with Gasteiger partial charge >= 0.3 is 0 Å². The minimum Gasteiger partial charge on any atom is -0.332 e. The van der Waals surface area contributed by atoms with Gasteiger partial charge in [-0.3, -0.25) is 4.79 Å². The average molecular weight is 461 g/mol. The van der Waals surface area contributed by atoms with E-state index in [0.29, 0.717) is 36.6 Å². The lowest BCUT2D eigenvalue weighted by molar-refractivity contribution is 0.0722. The predicted octanol–water partition coefficient (Wildman–Crippen LogP) is 5.02. The van der Waals surface area contributed by atoms with Crippen molar-refractivity contribution in [2.24, 2.45) is 0 Å². The van der Waals surface area contributed by atoms with E-state index in [9.17, 15) is 13.6 Å². The zero-order valence-corrected chi connectivity index (χ0v) is 19.2. The number of halogens is 2. The summed E-state index contributed by atoms with van der Waals surface area (Å²) in [6.45, 7) is 1.57. The molecule has 0 saturated carbocycles. The summed E-state index contributed by atoms with van der Waals surface area (Å²) in [4.78, 5) is 17.6. The Morgan fingerprint density at radius 1 is 0.882 bits per heavy atom. The molecule has 0 fully saturated rings. The van der Waals surface area contributed by atoms with Gasteiger partial charge in [-0.05, 0) is 62.1 Å². The summed E-state index contributed by atoms with van der Waals surface area (Å²) in [5.41, 5.74) is 2.41. The fraction of sp³-hybridized carbons (Fsp3) is 0.185. The van der Waals surface area contributed by atoms with Crippen molar-refractivity contribution in [2.75, 3.05) is 27.2 Å². The van der Waals surface area contributed by atoms with Crippen LogP contribution >= 0.6 is 0 Å². The molecule has 174 valence electrons. The highest BCUT2D eigenvalue weighted by atomic mass is 19.1. The molecule has 3 aromatic carbocycles. The van der Waals surface area contributed by atoms with Crippen molar-refractivity contribution in [3.63, 3.8) is 0 Å². The number of carbonyl (C=O) groups is 1. The summed E-state index contributed by atoms with van der Waals surface area (Å²) in [5.74, 6) is -1.07. The standard InChI is InChI=1S/C27H26F2N4O/c1-31(2)16-17-32(19-20-8-4-3-5-9-20)27(34)26-18-25(23-10-6-7-11-24(23)29)30-33(26)22-14-12-21(28)13-15-22/h3-15,18H,16-17,19H2,1-2H3. The summed E-state index contributed by atoms with van der Waals surface area (Å²) in [5, 5.41) is 4.54. The van der Waals surface area contributed by atoms with Crippen LogP contribution in [-0.4, -0.2) is 52.7 Å². The maximum atomic E-state index is 14.5. The minimum absolute atomic E-state index is 0.245. The van der Waals surface area contributed by atoms with Gasteiger partial charge in [0.25, 0.3) is 5.91 Å². The summed E-state index contributed by atoms with van der Waals surface area (Å²) in [6.07, 6.45) is 0. The van der Waals surface area contributed by atoms with Crippen molar-refractivity contribution < 1.29 is 13.6 Å². The van der Waals surface area contributed by atoms with E-state index in [0.717, 1.165) is 5.56 Å². The Bertz CT molecular complexity index is 1250. The van der Waals surface area contributed by atoms with Gasteiger partial charge in [0.05, 0.1) is 11.4 Å². The maximum absolute atomic E-state index is 14.5. The van der Waals surface area contributed by atoms with Crippen molar-refractivity contribution in [3.8, 4) is 16.9 Å². The largest absolute Gasteiger partial charge is 0.332 e. The highest BCUT2D eigenvalue weighted by Gasteiger charge is 2.24. The Balaban J connectivity index is 1.78. The molecule has 0 unspecified atom stereocenters. The molecule has 1 heterocycles. The molecule has 0 atom stereocenters. The van der Waals surface area contributed by atoms with Gasteiger partial charge in [-0.15, -0.1) is 0 Å². The fourth-order valence-corrected chi connectivity index (χ4v) is 3.65. The number of nitrogens with zero attached hydrogens (tertiary/aromatic N) is 4. The van der Waals surface area contributed by atoms with E-state index in [1.165, 1.54) is 22.9 Å². The molecule has 0 aliphatic carbocycles. The van der Waals surface area contributed by atoms with Crippen LogP contribution < -0.4 is 0 Å². The molecule has 4 aromatic rings. The van der Waals surface area contributed by atoms with Crippen molar-refractivity contribution in [3.05, 3.63) is 108 Å². The van der Waals surface area contributed by atoms with Gasteiger partial charge in [0.2, 0.25) is 0 Å². The van der Waals surface area contributed by atoms with Crippen LogP contribution in [0.4, 0.5) is 8.78 Å². The van der Waals surface area contributed by atoms with Crippen LogP contribution in [0, 0.1) is 11.6 Å². The topological polar surface area (TPSA) is 41.4 Å². The first-order chi connectivity index (χ1) is 16.4. The molecule has 4 rings (SSSR count). The van der Waals surface area contributed by atoms with Gasteiger partial charge in [0, 0.05) is 25.2 Å². The molecule has 0 spiro atoms. The van der Waals surface area contributed by atoms with Gasteiger partial charge in [0.1, 0.15) is 17.3 Å². The molecule has 0 N–H and O–H groups in total. The molecule has 1 amide bonds. The van der Waals surface area contributed by atoms with E-state index in [1.54, 1.807) is 41.3 Å². The molecular formula is C27H26F2N4O. The molecule has 5 nitrogen and oxygen atoms in total. The molecule has 1 aromatic heterocycles. The van der Waals surface area contributed by atoms with E-state index in [2.05, 4.69) is 5.10 Å². The molecule has 34 heavy (non-hydrogen) atoms. The third-order valence-electron chi connectivity index (χ3n) is 5.47. The zero-order chi connectivity index (χ0) is 24.1. The molecular weight excluding hydrogens is 434 g/mol. The molecule has 0 saturated heterocycles. The van der Waals surface area contributed by atoms with Crippen molar-refractivity contribution in [1.82, 2.24) is 19.6 Å². The van der Waals surface area contributed by atoms with Crippen molar-refractivity contribution >= 4 is 5.91 Å². The third-order valence-corrected chi connectivity index (χ3v) is 5.47. The Hall–Kier alpha value is -3.84. The van der Waals surface area contributed by atoms with E-state index in [4.69, 9.17) is 0 Å². The lowest BCUT2D eigenvalue weighted by atomic mass is 10.1. The van der Waals surface area contributed by atoms with Gasteiger partial charge in [-0.2, -0.15) is 5.10 Å². The van der Waals surface area contributed by atoms with E-state index < -0.39 is 11.6 Å². The monoisotopic (exact) mass is 460 g/mol. The van der Waals surface area contributed by atoms with Crippen LogP contribution in [-0.2, 0) is 6.54 Å². The quantitative estimate of drug-likeness (QED) is 0.371. The van der Waals surface area contributed by atoms with E-state index in [-0.39, 0.29) is 11.6 Å². The van der Waals surface area contributed by atoms with Crippen molar-refractivity contribution in [1.29, 1.82) is 0 Å². The normalized spacial score (nSPS) is 11.1. The number of rotatable bonds is 8. The second kappa shape index (κ2) is 10.4. The first-order valence-corrected chi connectivity index (χ1v) is 11.0. The summed E-state index contributed by atoms with van der Waals surface area (Å²) in [7, 11) is 3.90. The SMILES string of the molecule is CN(C)CCN(Cc1ccccc1)C(=O)c1cc(-c2ccccc2F)nn1-c1ccc(F)cc1. The first kappa shape index (κ1) is 23.3. The zero-order valence-electron chi connectivity index (χ0n) is 19.2. The molecule has 0 radical (unpaired) electrons. The highest BCUT2D eigenvalue weighted by Crippen LogP contribution is 2.25. The summed E-state index contributed by atoms with van der Waals surface area (Å²) >= 11 is 0. The fourth-order valence-electron chi connectivity index (χ4n) is 3.65. The van der Waals surface area contributed by atoms with Gasteiger partial charge in [0.15, 0.2) is 0 Å². The Morgan fingerprint density at radius 3 is 2.24 bits per heavy atom. The number of amides is 1. The number of aromatic nitrogens is 2. The number of hydrogen-bond donors (Lipinski definition) is 0. The maximum Gasteiger partial charge on any atom is 0.272 e. The van der Waals surface area contributed by atoms with Crippen LogP contribution in [0.3, 0.4) is 0 Å². The highest BCUT2D eigenvalue weighted by molar-refractivity contribution is 5.94. The Kier molecular flexibility index (Phi) is 7.13. The minimum atomic E-state index is -0.431. The van der Waals surface area contributed by atoms with Gasteiger partial charge < -0.3 is 9.80 Å². The lowest BCUT2D eigenvalue weighted by Crippen LogP contribution is -2.37. The predicted molar refractivity (Wildman–Crippen MR) is 129 cm³/mol. The Morgan fingerprint density at radius 2 is 1.56 bits per heavy atom. The lowest BCUT2D eigenvalue weighted by Gasteiger charge is -2.25. The van der Waals surface area contributed by atoms with Crippen LogP contribution in [0.15, 0.2) is 84.9 Å². The number of benzene rings is 3. The number of likely N-dealkylation sites (N-methyl/N-ethyl adjacent to an activating group) is 1. The third kappa shape index (κ3) is 5.38. The second-order valence-corrected chi connectivity index (χ2v) is 8.30. The molecule has 0 bridgehead atoms. The number of carbonyl (C=O) groups excluding carboxylic acids is 1. The molecule has 0 aliphatic rings. The first-order valence-electron chi connectivity index (χ1n) is 11.0. The van der Waals surface area contributed by atoms with Crippen LogP contribution in [0.5, 0.6) is 0 Å². The van der Waals surface area contributed by atoms with Gasteiger partial charge in [-0.25, -0.2) is 13.5 Å². The number of hydrogen-bond acceptors (Lipinski definition) is 3.